The molecule has 1 aliphatic carbocycles. The van der Waals surface area contributed by atoms with E-state index in [1.54, 1.807) is 0 Å². The zero-order valence-electron chi connectivity index (χ0n) is 13.0. The zero-order chi connectivity index (χ0) is 15.2. The summed E-state index contributed by atoms with van der Waals surface area (Å²) in [5.74, 6) is 1.74. The van der Waals surface area contributed by atoms with Gasteiger partial charge in [0.15, 0.2) is 0 Å². The molecule has 0 unspecified atom stereocenters. The molecule has 0 saturated heterocycles. The van der Waals surface area contributed by atoms with E-state index < -0.39 is 0 Å². The zero-order valence-corrected chi connectivity index (χ0v) is 13.9. The largest absolute Gasteiger partial charge is 0.492 e. The molecule has 1 fully saturated rings. The maximum Gasteiger partial charge on any atom is 0.120 e. The third-order valence-electron chi connectivity index (χ3n) is 4.44. The molecule has 1 aromatic rings. The van der Waals surface area contributed by atoms with Crippen LogP contribution in [0.1, 0.15) is 38.2 Å². The molecular formula is C17H26N2OS. The molecule has 0 aliphatic heterocycles. The summed E-state index contributed by atoms with van der Waals surface area (Å²) in [5, 5.41) is 0. The van der Waals surface area contributed by atoms with Crippen molar-refractivity contribution in [3.8, 4) is 5.75 Å². The van der Waals surface area contributed by atoms with Gasteiger partial charge in [0.1, 0.15) is 17.3 Å². The Morgan fingerprint density at radius 1 is 1.33 bits per heavy atom. The van der Waals surface area contributed by atoms with E-state index in [0.29, 0.717) is 17.6 Å². The summed E-state index contributed by atoms with van der Waals surface area (Å²) in [7, 11) is 2.20. The van der Waals surface area contributed by atoms with E-state index in [-0.39, 0.29) is 0 Å². The van der Waals surface area contributed by atoms with E-state index in [0.717, 1.165) is 23.8 Å². The van der Waals surface area contributed by atoms with Gasteiger partial charge in [-0.2, -0.15) is 0 Å². The van der Waals surface area contributed by atoms with E-state index in [1.165, 1.54) is 25.7 Å². The maximum absolute atomic E-state index is 5.82. The fourth-order valence-corrected chi connectivity index (χ4v) is 3.04. The van der Waals surface area contributed by atoms with E-state index in [4.69, 9.17) is 22.7 Å². The van der Waals surface area contributed by atoms with E-state index in [9.17, 15) is 0 Å². The molecule has 1 saturated carbocycles. The van der Waals surface area contributed by atoms with Gasteiger partial charge in [-0.15, -0.1) is 0 Å². The summed E-state index contributed by atoms with van der Waals surface area (Å²) in [5.41, 5.74) is 6.49. The summed E-state index contributed by atoms with van der Waals surface area (Å²) in [6.45, 7) is 4.01. The highest BCUT2D eigenvalue weighted by atomic mass is 32.1. The summed E-state index contributed by atoms with van der Waals surface area (Å²) in [6, 6.07) is 8.41. The SMILES string of the molecule is CC1CCC(N(C)CCOc2cccc(C(N)=S)c2)CC1. The fraction of sp³-hybridized carbons (Fsp3) is 0.588. The Bertz CT molecular complexity index is 470. The summed E-state index contributed by atoms with van der Waals surface area (Å²) in [6.07, 6.45) is 5.33. The van der Waals surface area contributed by atoms with Crippen LogP contribution in [0.5, 0.6) is 5.75 Å². The van der Waals surface area contributed by atoms with Crippen molar-refractivity contribution in [3.63, 3.8) is 0 Å². The van der Waals surface area contributed by atoms with Crippen LogP contribution >= 0.6 is 12.2 Å². The normalized spacial score (nSPS) is 22.2. The van der Waals surface area contributed by atoms with Crippen LogP contribution in [0, 0.1) is 5.92 Å². The van der Waals surface area contributed by atoms with E-state index in [1.807, 2.05) is 24.3 Å². The smallest absolute Gasteiger partial charge is 0.120 e. The third-order valence-corrected chi connectivity index (χ3v) is 4.68. The standard InChI is InChI=1S/C17H26N2OS/c1-13-6-8-15(9-7-13)19(2)10-11-20-16-5-3-4-14(12-16)17(18)21/h3-5,12-13,15H,6-11H2,1-2H3,(H2,18,21). The number of rotatable bonds is 6. The van der Waals surface area contributed by atoms with Crippen molar-refractivity contribution in [2.24, 2.45) is 11.7 Å². The first-order valence-electron chi connectivity index (χ1n) is 7.79. The first-order valence-corrected chi connectivity index (χ1v) is 8.20. The van der Waals surface area contributed by atoms with Crippen molar-refractivity contribution in [3.05, 3.63) is 29.8 Å². The van der Waals surface area contributed by atoms with Gasteiger partial charge in [0.05, 0.1) is 0 Å². The van der Waals surface area contributed by atoms with Crippen LogP contribution < -0.4 is 10.5 Å². The van der Waals surface area contributed by atoms with Gasteiger partial charge >= 0.3 is 0 Å². The molecule has 0 amide bonds. The van der Waals surface area contributed by atoms with Gasteiger partial charge in [-0.25, -0.2) is 0 Å². The molecule has 2 rings (SSSR count). The number of ether oxygens (including phenoxy) is 1. The van der Waals surface area contributed by atoms with Crippen LogP contribution in [-0.2, 0) is 0 Å². The van der Waals surface area contributed by atoms with Gasteiger partial charge in [0.25, 0.3) is 0 Å². The number of nitrogens with zero attached hydrogens (tertiary/aromatic N) is 1. The van der Waals surface area contributed by atoms with Crippen LogP contribution in [0.25, 0.3) is 0 Å². The lowest BCUT2D eigenvalue weighted by Gasteiger charge is -2.33. The van der Waals surface area contributed by atoms with Crippen LogP contribution in [0.15, 0.2) is 24.3 Å². The second-order valence-corrected chi connectivity index (χ2v) is 6.57. The molecule has 0 bridgehead atoms. The molecule has 2 N–H and O–H groups in total. The van der Waals surface area contributed by atoms with Gasteiger partial charge in [0, 0.05) is 18.2 Å². The second-order valence-electron chi connectivity index (χ2n) is 6.13. The maximum atomic E-state index is 5.82. The average Bonchev–Trinajstić information content (AvgIpc) is 2.48. The summed E-state index contributed by atoms with van der Waals surface area (Å²) < 4.78 is 5.82. The minimum atomic E-state index is 0.411. The van der Waals surface area contributed by atoms with Crippen LogP contribution in [0.2, 0.25) is 0 Å². The first kappa shape index (κ1) is 16.2. The van der Waals surface area contributed by atoms with Crippen LogP contribution in [0.3, 0.4) is 0 Å². The molecule has 0 aromatic heterocycles. The molecule has 21 heavy (non-hydrogen) atoms. The van der Waals surface area contributed by atoms with Gasteiger partial charge in [-0.05, 0) is 50.8 Å². The second kappa shape index (κ2) is 7.76. The van der Waals surface area contributed by atoms with Crippen LogP contribution in [0.4, 0.5) is 0 Å². The minimum absolute atomic E-state index is 0.411. The Morgan fingerprint density at radius 3 is 2.71 bits per heavy atom. The number of hydrogen-bond donors (Lipinski definition) is 1. The molecule has 0 heterocycles. The Balaban J connectivity index is 1.76. The number of hydrogen-bond acceptors (Lipinski definition) is 3. The molecule has 0 radical (unpaired) electrons. The molecule has 116 valence electrons. The summed E-state index contributed by atoms with van der Waals surface area (Å²) in [4.78, 5) is 2.84. The Labute approximate surface area is 133 Å². The lowest BCUT2D eigenvalue weighted by Crippen LogP contribution is -2.37. The molecule has 3 nitrogen and oxygen atoms in total. The Morgan fingerprint density at radius 2 is 2.05 bits per heavy atom. The van der Waals surface area contributed by atoms with Crippen molar-refractivity contribution in [1.82, 2.24) is 4.90 Å². The lowest BCUT2D eigenvalue weighted by atomic mass is 9.87. The highest BCUT2D eigenvalue weighted by Gasteiger charge is 2.21. The van der Waals surface area contributed by atoms with E-state index >= 15 is 0 Å². The van der Waals surface area contributed by atoms with Crippen molar-refractivity contribution < 1.29 is 4.74 Å². The predicted octanol–water partition coefficient (Wildman–Crippen LogP) is 3.21. The minimum Gasteiger partial charge on any atom is -0.492 e. The highest BCUT2D eigenvalue weighted by Crippen LogP contribution is 2.26. The highest BCUT2D eigenvalue weighted by molar-refractivity contribution is 7.80. The average molecular weight is 306 g/mol. The molecule has 4 heteroatoms. The molecule has 0 spiro atoms. The quantitative estimate of drug-likeness (QED) is 0.819. The third kappa shape index (κ3) is 4.97. The fourth-order valence-electron chi connectivity index (χ4n) is 2.91. The van der Waals surface area contributed by atoms with Crippen molar-refractivity contribution in [2.45, 2.75) is 38.6 Å². The number of nitrogens with two attached hydrogens (primary N) is 1. The monoisotopic (exact) mass is 306 g/mol. The lowest BCUT2D eigenvalue weighted by molar-refractivity contribution is 0.145. The number of benzene rings is 1. The topological polar surface area (TPSA) is 38.5 Å². The van der Waals surface area contributed by atoms with Crippen molar-refractivity contribution >= 4 is 17.2 Å². The van der Waals surface area contributed by atoms with Crippen molar-refractivity contribution in [1.29, 1.82) is 0 Å². The number of thiocarbonyl (C=S) groups is 1. The van der Waals surface area contributed by atoms with Crippen LogP contribution in [-0.4, -0.2) is 36.1 Å². The van der Waals surface area contributed by atoms with E-state index in [2.05, 4.69) is 18.9 Å². The predicted molar refractivity (Wildman–Crippen MR) is 91.9 cm³/mol. The molecule has 0 atom stereocenters. The summed E-state index contributed by atoms with van der Waals surface area (Å²) >= 11 is 4.98. The Hall–Kier alpha value is -1.13. The molecule has 1 aliphatic rings. The van der Waals surface area contributed by atoms with Gasteiger partial charge < -0.3 is 15.4 Å². The Kier molecular flexibility index (Phi) is 6.00. The number of likely N-dealkylation sites (N-methyl/N-ethyl adjacent to an activating group) is 1. The van der Waals surface area contributed by atoms with Gasteiger partial charge in [-0.3, -0.25) is 0 Å². The molecule has 1 aromatic carbocycles. The van der Waals surface area contributed by atoms with Gasteiger partial charge in [0.2, 0.25) is 0 Å². The first-order chi connectivity index (χ1) is 10.1. The van der Waals surface area contributed by atoms with Crippen molar-refractivity contribution in [2.75, 3.05) is 20.2 Å². The van der Waals surface area contributed by atoms with Gasteiger partial charge in [-0.1, -0.05) is 31.3 Å². The molecular weight excluding hydrogens is 280 g/mol.